The SMILES string of the molecule is Cc1cc(Oc2cc(C3=N[C@]4(C)c5ccc(C)cc5C(C)(C)C[C@]4(C)O3)cc(C(C)(C)C)c2)cc(-n2c3ccc(C(C)(C)C)cc3c3cccnc32)c1. The number of fused-ring (bicyclic) bond motifs is 6. The summed E-state index contributed by atoms with van der Waals surface area (Å²) in [6, 6.07) is 30.8. The van der Waals surface area contributed by atoms with Crippen LogP contribution in [0.5, 0.6) is 11.5 Å². The van der Waals surface area contributed by atoms with Gasteiger partial charge in [-0.05, 0) is 133 Å². The molecule has 2 aliphatic rings. The summed E-state index contributed by atoms with van der Waals surface area (Å²) < 4.78 is 16.1. The molecule has 2 atom stereocenters. The number of aliphatic imine (C=N–C) groups is 1. The monoisotopic (exact) mass is 703 g/mol. The molecular weight excluding hydrogens is 651 g/mol. The molecule has 5 nitrogen and oxygen atoms in total. The first-order valence-electron chi connectivity index (χ1n) is 19.0. The van der Waals surface area contributed by atoms with Crippen LogP contribution >= 0.6 is 0 Å². The number of aryl methyl sites for hydroxylation is 2. The summed E-state index contributed by atoms with van der Waals surface area (Å²) in [6.07, 6.45) is 2.74. The van der Waals surface area contributed by atoms with Gasteiger partial charge in [-0.1, -0.05) is 85.2 Å². The van der Waals surface area contributed by atoms with Crippen LogP contribution in [0, 0.1) is 13.8 Å². The van der Waals surface area contributed by atoms with Crippen molar-refractivity contribution in [3.63, 3.8) is 0 Å². The van der Waals surface area contributed by atoms with E-state index in [1.807, 2.05) is 12.3 Å². The second-order valence-electron chi connectivity index (χ2n) is 18.7. The molecule has 1 aliphatic heterocycles. The van der Waals surface area contributed by atoms with Crippen LogP contribution in [0.25, 0.3) is 27.6 Å². The molecule has 6 aromatic rings. The maximum Gasteiger partial charge on any atom is 0.217 e. The minimum absolute atomic E-state index is 0.0400. The topological polar surface area (TPSA) is 48.6 Å². The maximum absolute atomic E-state index is 7.02. The van der Waals surface area contributed by atoms with Crippen molar-refractivity contribution < 1.29 is 9.47 Å². The van der Waals surface area contributed by atoms with Crippen LogP contribution in [0.1, 0.15) is 115 Å². The fourth-order valence-corrected chi connectivity index (χ4v) is 8.76. The first kappa shape index (κ1) is 35.1. The summed E-state index contributed by atoms with van der Waals surface area (Å²) in [7, 11) is 0. The average Bonchev–Trinajstić information content (AvgIpc) is 3.54. The molecule has 272 valence electrons. The number of rotatable bonds is 4. The molecule has 0 amide bonds. The Morgan fingerprint density at radius 1 is 0.698 bits per heavy atom. The zero-order valence-electron chi connectivity index (χ0n) is 33.5. The lowest BCUT2D eigenvalue weighted by molar-refractivity contribution is -0.00577. The maximum atomic E-state index is 7.02. The lowest BCUT2D eigenvalue weighted by Crippen LogP contribution is -2.53. The molecule has 3 heterocycles. The van der Waals surface area contributed by atoms with Gasteiger partial charge in [0.15, 0.2) is 0 Å². The van der Waals surface area contributed by atoms with Gasteiger partial charge in [0.25, 0.3) is 0 Å². The van der Waals surface area contributed by atoms with Crippen molar-refractivity contribution >= 4 is 27.8 Å². The number of benzene rings is 4. The molecule has 0 radical (unpaired) electrons. The number of nitrogens with zero attached hydrogens (tertiary/aromatic N) is 3. The Kier molecular flexibility index (Phi) is 7.66. The van der Waals surface area contributed by atoms with E-state index in [-0.39, 0.29) is 16.2 Å². The van der Waals surface area contributed by atoms with Crippen LogP contribution in [-0.2, 0) is 26.5 Å². The van der Waals surface area contributed by atoms with Crippen LogP contribution in [0.15, 0.2) is 96.1 Å². The van der Waals surface area contributed by atoms with E-state index in [1.165, 1.54) is 27.6 Å². The van der Waals surface area contributed by atoms with Gasteiger partial charge in [0.05, 0.1) is 11.2 Å². The van der Waals surface area contributed by atoms with Crippen molar-refractivity contribution in [2.45, 2.75) is 117 Å². The minimum atomic E-state index is -0.519. The largest absolute Gasteiger partial charge is 0.468 e. The van der Waals surface area contributed by atoms with Crippen molar-refractivity contribution in [3.8, 4) is 17.2 Å². The van der Waals surface area contributed by atoms with Gasteiger partial charge in [-0.15, -0.1) is 0 Å². The Morgan fingerprint density at radius 3 is 2.17 bits per heavy atom. The van der Waals surface area contributed by atoms with Crippen molar-refractivity contribution in [2.24, 2.45) is 4.99 Å². The van der Waals surface area contributed by atoms with E-state index in [9.17, 15) is 0 Å². The second kappa shape index (κ2) is 11.5. The number of hydrogen-bond donors (Lipinski definition) is 0. The fraction of sp³-hybridized carbons (Fsp3) is 0.375. The smallest absolute Gasteiger partial charge is 0.217 e. The van der Waals surface area contributed by atoms with E-state index in [0.29, 0.717) is 5.90 Å². The summed E-state index contributed by atoms with van der Waals surface area (Å²) in [4.78, 5) is 10.3. The van der Waals surface area contributed by atoms with Crippen LogP contribution in [-0.4, -0.2) is 21.0 Å². The van der Waals surface area contributed by atoms with E-state index in [2.05, 4.69) is 167 Å². The summed E-state index contributed by atoms with van der Waals surface area (Å²) in [5.41, 5.74) is 10.3. The van der Waals surface area contributed by atoms with Crippen molar-refractivity contribution in [3.05, 3.63) is 130 Å². The van der Waals surface area contributed by atoms with E-state index >= 15 is 0 Å². The molecular formula is C48H53N3O2. The zero-order valence-corrected chi connectivity index (χ0v) is 33.5. The van der Waals surface area contributed by atoms with E-state index in [1.54, 1.807) is 0 Å². The Labute approximate surface area is 315 Å². The van der Waals surface area contributed by atoms with Gasteiger partial charge in [0.1, 0.15) is 28.3 Å². The van der Waals surface area contributed by atoms with Gasteiger partial charge in [0.2, 0.25) is 5.90 Å². The highest BCUT2D eigenvalue weighted by molar-refractivity contribution is 6.08. The Hall–Kier alpha value is -4.90. The third-order valence-electron chi connectivity index (χ3n) is 11.8. The highest BCUT2D eigenvalue weighted by Crippen LogP contribution is 2.57. The first-order valence-corrected chi connectivity index (χ1v) is 19.0. The summed E-state index contributed by atoms with van der Waals surface area (Å²) in [6.45, 7) is 26.9. The Balaban J connectivity index is 1.22. The van der Waals surface area contributed by atoms with Gasteiger partial charge in [-0.2, -0.15) is 0 Å². The number of aromatic nitrogens is 2. The van der Waals surface area contributed by atoms with E-state index in [4.69, 9.17) is 19.5 Å². The minimum Gasteiger partial charge on any atom is -0.468 e. The lowest BCUT2D eigenvalue weighted by atomic mass is 9.59. The predicted molar refractivity (Wildman–Crippen MR) is 219 cm³/mol. The molecule has 0 fully saturated rings. The molecule has 2 aromatic heterocycles. The lowest BCUT2D eigenvalue weighted by Gasteiger charge is -2.49. The summed E-state index contributed by atoms with van der Waals surface area (Å²) in [5.74, 6) is 2.19. The molecule has 5 heteroatoms. The van der Waals surface area contributed by atoms with Gasteiger partial charge in [-0.3, -0.25) is 4.57 Å². The molecule has 8 rings (SSSR count). The second-order valence-corrected chi connectivity index (χ2v) is 18.7. The zero-order chi connectivity index (χ0) is 37.9. The van der Waals surface area contributed by atoms with Crippen LogP contribution < -0.4 is 4.74 Å². The molecule has 0 unspecified atom stereocenters. The number of hydrogen-bond acceptors (Lipinski definition) is 4. The Morgan fingerprint density at radius 2 is 1.43 bits per heavy atom. The first-order chi connectivity index (χ1) is 24.8. The molecule has 0 spiro atoms. The molecule has 0 bridgehead atoms. The normalized spacial score (nSPS) is 20.9. The summed E-state index contributed by atoms with van der Waals surface area (Å²) in [5, 5.41) is 2.34. The van der Waals surface area contributed by atoms with Gasteiger partial charge >= 0.3 is 0 Å². The van der Waals surface area contributed by atoms with Gasteiger partial charge in [-0.25, -0.2) is 9.98 Å². The Bertz CT molecular complexity index is 2490. The molecule has 0 N–H and O–H groups in total. The van der Waals surface area contributed by atoms with Crippen LogP contribution in [0.3, 0.4) is 0 Å². The molecule has 0 saturated carbocycles. The summed E-state index contributed by atoms with van der Waals surface area (Å²) >= 11 is 0. The van der Waals surface area contributed by atoms with E-state index < -0.39 is 11.1 Å². The number of ether oxygens (including phenoxy) is 2. The van der Waals surface area contributed by atoms with Gasteiger partial charge < -0.3 is 9.47 Å². The van der Waals surface area contributed by atoms with Crippen molar-refractivity contribution in [2.75, 3.05) is 0 Å². The van der Waals surface area contributed by atoms with Gasteiger partial charge in [0, 0.05) is 28.6 Å². The molecule has 53 heavy (non-hydrogen) atoms. The quantitative estimate of drug-likeness (QED) is 0.184. The third-order valence-corrected chi connectivity index (χ3v) is 11.8. The van der Waals surface area contributed by atoms with Crippen molar-refractivity contribution in [1.82, 2.24) is 9.55 Å². The van der Waals surface area contributed by atoms with Crippen molar-refractivity contribution in [1.29, 1.82) is 0 Å². The number of pyridine rings is 1. The molecule has 1 aliphatic carbocycles. The highest BCUT2D eigenvalue weighted by Gasteiger charge is 2.60. The third kappa shape index (κ3) is 5.75. The molecule has 0 saturated heterocycles. The van der Waals surface area contributed by atoms with Crippen LogP contribution in [0.4, 0.5) is 0 Å². The predicted octanol–water partition coefficient (Wildman–Crippen LogP) is 12.3. The molecule has 4 aromatic carbocycles. The van der Waals surface area contributed by atoms with E-state index in [0.717, 1.165) is 56.8 Å². The van der Waals surface area contributed by atoms with Crippen LogP contribution in [0.2, 0.25) is 0 Å². The fourth-order valence-electron chi connectivity index (χ4n) is 8.76. The average molecular weight is 704 g/mol. The standard InChI is InChI=1S/C48H53N3O2/c1-29-15-17-39-40(22-29)46(9,10)28-47(11)48(39,12)50-43(53-47)31-23-33(45(6,7)8)25-36(24-31)52-35-21-30(2)20-34(27-35)51-41-18-16-32(44(3,4)5)26-38(41)37-14-13-19-49-42(37)51/h13-27H,28H2,1-12H3/t47-,48+/m0/s1. The highest BCUT2D eigenvalue weighted by atomic mass is 16.5.